The molecular weight excluding hydrogens is 208 g/mol. The van der Waals surface area contributed by atoms with Gasteiger partial charge in [0.1, 0.15) is 0 Å². The van der Waals surface area contributed by atoms with E-state index in [0.29, 0.717) is 6.54 Å². The van der Waals surface area contributed by atoms with Gasteiger partial charge in [-0.25, -0.2) is 0 Å². The molecule has 0 aromatic carbocycles. The maximum atomic E-state index is 11.3. The number of hydrogen-bond acceptors (Lipinski definition) is 3. The van der Waals surface area contributed by atoms with Crippen LogP contribution >= 0.6 is 11.8 Å². The van der Waals surface area contributed by atoms with Gasteiger partial charge in [-0.3, -0.25) is 4.79 Å². The van der Waals surface area contributed by atoms with Gasteiger partial charge >= 0.3 is 0 Å². The molecule has 0 bridgehead atoms. The first kappa shape index (κ1) is 12.6. The molecule has 15 heavy (non-hydrogen) atoms. The molecule has 0 aromatic rings. The summed E-state index contributed by atoms with van der Waals surface area (Å²) in [5.41, 5.74) is 0. The maximum Gasteiger partial charge on any atom is 0.233 e. The smallest absolute Gasteiger partial charge is 0.233 e. The van der Waals surface area contributed by atoms with Crippen molar-refractivity contribution in [2.75, 3.05) is 31.1 Å². The number of rotatable bonds is 9. The van der Waals surface area contributed by atoms with Crippen LogP contribution in [-0.2, 0) is 4.79 Å². The Morgan fingerprint density at radius 2 is 2.33 bits per heavy atom. The van der Waals surface area contributed by atoms with Crippen LogP contribution in [0.2, 0.25) is 0 Å². The maximum absolute atomic E-state index is 11.3. The molecule has 3 nitrogen and oxygen atoms in total. The monoisotopic (exact) mass is 228 g/mol. The van der Waals surface area contributed by atoms with Crippen molar-refractivity contribution in [3.63, 3.8) is 0 Å². The molecule has 0 heterocycles. The minimum Gasteiger partial charge on any atom is -0.354 e. The third-order valence-corrected chi connectivity index (χ3v) is 3.18. The molecule has 1 fully saturated rings. The topological polar surface area (TPSA) is 41.1 Å². The Labute approximate surface area is 96.1 Å². The lowest BCUT2D eigenvalue weighted by molar-refractivity contribution is -0.120. The summed E-state index contributed by atoms with van der Waals surface area (Å²) in [5, 5.41) is 6.04. The summed E-state index contributed by atoms with van der Waals surface area (Å²) in [4.78, 5) is 11.3. The van der Waals surface area contributed by atoms with E-state index in [1.807, 2.05) is 6.08 Å². The van der Waals surface area contributed by atoms with Crippen molar-refractivity contribution in [3.05, 3.63) is 12.7 Å². The molecule has 0 saturated heterocycles. The first-order chi connectivity index (χ1) is 7.33. The summed E-state index contributed by atoms with van der Waals surface area (Å²) in [5.74, 6) is 2.85. The molecule has 0 aromatic heterocycles. The standard InChI is InChI=1S/C11H20N2OS/c1-2-6-15-7-5-13-11(14)9-12-8-10-3-4-10/h2,10,12H,1,3-9H2,(H,13,14). The summed E-state index contributed by atoms with van der Waals surface area (Å²) in [7, 11) is 0. The van der Waals surface area contributed by atoms with Gasteiger partial charge in [-0.05, 0) is 25.3 Å². The molecule has 0 atom stereocenters. The third kappa shape index (κ3) is 7.45. The third-order valence-electron chi connectivity index (χ3n) is 2.22. The van der Waals surface area contributed by atoms with E-state index in [0.717, 1.165) is 30.5 Å². The molecule has 0 radical (unpaired) electrons. The van der Waals surface area contributed by atoms with Gasteiger partial charge in [-0.2, -0.15) is 11.8 Å². The zero-order valence-electron chi connectivity index (χ0n) is 9.13. The fraction of sp³-hybridized carbons (Fsp3) is 0.727. The summed E-state index contributed by atoms with van der Waals surface area (Å²) in [6, 6.07) is 0. The van der Waals surface area contributed by atoms with E-state index in [4.69, 9.17) is 0 Å². The molecule has 1 rings (SSSR count). The molecule has 1 aliphatic rings. The molecular formula is C11H20N2OS. The largest absolute Gasteiger partial charge is 0.354 e. The Morgan fingerprint density at radius 3 is 3.00 bits per heavy atom. The van der Waals surface area contributed by atoms with Crippen molar-refractivity contribution in [2.45, 2.75) is 12.8 Å². The number of hydrogen-bond donors (Lipinski definition) is 2. The van der Waals surface area contributed by atoms with Gasteiger partial charge in [-0.1, -0.05) is 6.08 Å². The molecule has 0 spiro atoms. The number of amides is 1. The fourth-order valence-corrected chi connectivity index (χ4v) is 1.78. The minimum absolute atomic E-state index is 0.106. The fourth-order valence-electron chi connectivity index (χ4n) is 1.20. The highest BCUT2D eigenvalue weighted by atomic mass is 32.2. The normalized spacial score (nSPS) is 14.9. The Morgan fingerprint density at radius 1 is 1.53 bits per heavy atom. The summed E-state index contributed by atoms with van der Waals surface area (Å²) in [6.45, 7) is 5.85. The van der Waals surface area contributed by atoms with E-state index in [1.165, 1.54) is 12.8 Å². The van der Waals surface area contributed by atoms with Crippen molar-refractivity contribution in [2.24, 2.45) is 5.92 Å². The van der Waals surface area contributed by atoms with E-state index < -0.39 is 0 Å². The Balaban J connectivity index is 1.82. The van der Waals surface area contributed by atoms with E-state index in [2.05, 4.69) is 17.2 Å². The van der Waals surface area contributed by atoms with Gasteiger partial charge in [0, 0.05) is 18.1 Å². The molecule has 2 N–H and O–H groups in total. The first-order valence-corrected chi connectivity index (χ1v) is 6.64. The van der Waals surface area contributed by atoms with E-state index in [9.17, 15) is 4.79 Å². The highest BCUT2D eigenvalue weighted by Gasteiger charge is 2.20. The van der Waals surface area contributed by atoms with Crippen molar-refractivity contribution in [1.82, 2.24) is 10.6 Å². The number of carbonyl (C=O) groups excluding carboxylic acids is 1. The minimum atomic E-state index is 0.106. The molecule has 1 aliphatic carbocycles. The van der Waals surface area contributed by atoms with Gasteiger partial charge in [0.25, 0.3) is 0 Å². The molecule has 1 saturated carbocycles. The van der Waals surface area contributed by atoms with Crippen LogP contribution in [0.1, 0.15) is 12.8 Å². The Hall–Kier alpha value is -0.480. The van der Waals surface area contributed by atoms with Gasteiger partial charge < -0.3 is 10.6 Å². The lowest BCUT2D eigenvalue weighted by Gasteiger charge is -2.05. The second-order valence-corrected chi connectivity index (χ2v) is 4.94. The zero-order chi connectivity index (χ0) is 10.9. The molecule has 4 heteroatoms. The van der Waals surface area contributed by atoms with Crippen molar-refractivity contribution in [1.29, 1.82) is 0 Å². The van der Waals surface area contributed by atoms with Crippen LogP contribution in [0.25, 0.3) is 0 Å². The van der Waals surface area contributed by atoms with Crippen molar-refractivity contribution < 1.29 is 4.79 Å². The Bertz CT molecular complexity index is 205. The molecule has 0 unspecified atom stereocenters. The van der Waals surface area contributed by atoms with Crippen LogP contribution in [0, 0.1) is 5.92 Å². The van der Waals surface area contributed by atoms with E-state index >= 15 is 0 Å². The molecule has 0 aliphatic heterocycles. The van der Waals surface area contributed by atoms with Crippen LogP contribution < -0.4 is 10.6 Å². The SMILES string of the molecule is C=CCSCCNC(=O)CNCC1CC1. The highest BCUT2D eigenvalue weighted by Crippen LogP contribution is 2.27. The van der Waals surface area contributed by atoms with E-state index in [-0.39, 0.29) is 5.91 Å². The lowest BCUT2D eigenvalue weighted by atomic mass is 10.4. The first-order valence-electron chi connectivity index (χ1n) is 5.49. The highest BCUT2D eigenvalue weighted by molar-refractivity contribution is 7.99. The average Bonchev–Trinajstić information content (AvgIpc) is 3.01. The lowest BCUT2D eigenvalue weighted by Crippen LogP contribution is -2.35. The predicted octanol–water partition coefficient (Wildman–Crippen LogP) is 1.02. The summed E-state index contributed by atoms with van der Waals surface area (Å²) < 4.78 is 0. The second-order valence-electron chi connectivity index (χ2n) is 3.79. The van der Waals surface area contributed by atoms with Crippen LogP contribution in [0.3, 0.4) is 0 Å². The number of carbonyl (C=O) groups is 1. The van der Waals surface area contributed by atoms with Gasteiger partial charge in [0.15, 0.2) is 0 Å². The molecule has 86 valence electrons. The Kier molecular flexibility index (Phi) is 6.52. The van der Waals surface area contributed by atoms with Gasteiger partial charge in [0.05, 0.1) is 6.54 Å². The van der Waals surface area contributed by atoms with Gasteiger partial charge in [-0.15, -0.1) is 6.58 Å². The zero-order valence-corrected chi connectivity index (χ0v) is 9.94. The molecule has 1 amide bonds. The van der Waals surface area contributed by atoms with Gasteiger partial charge in [0.2, 0.25) is 5.91 Å². The van der Waals surface area contributed by atoms with Crippen LogP contribution in [-0.4, -0.2) is 37.0 Å². The second kappa shape index (κ2) is 7.77. The number of thioether (sulfide) groups is 1. The predicted molar refractivity (Wildman–Crippen MR) is 66.1 cm³/mol. The number of nitrogens with one attached hydrogen (secondary N) is 2. The van der Waals surface area contributed by atoms with Crippen molar-refractivity contribution in [3.8, 4) is 0 Å². The van der Waals surface area contributed by atoms with E-state index in [1.54, 1.807) is 11.8 Å². The van der Waals surface area contributed by atoms with Crippen LogP contribution in [0.4, 0.5) is 0 Å². The quantitative estimate of drug-likeness (QED) is 0.457. The van der Waals surface area contributed by atoms with Crippen molar-refractivity contribution >= 4 is 17.7 Å². The van der Waals surface area contributed by atoms with Crippen LogP contribution in [0.5, 0.6) is 0 Å². The van der Waals surface area contributed by atoms with Crippen LogP contribution in [0.15, 0.2) is 12.7 Å². The summed E-state index contributed by atoms with van der Waals surface area (Å²) in [6.07, 6.45) is 4.53. The summed E-state index contributed by atoms with van der Waals surface area (Å²) >= 11 is 1.78. The average molecular weight is 228 g/mol.